The minimum Gasteiger partial charge on any atom is -0.367 e. The van der Waals surface area contributed by atoms with Gasteiger partial charge < -0.3 is 10.1 Å². The van der Waals surface area contributed by atoms with Gasteiger partial charge in [-0.3, -0.25) is 0 Å². The van der Waals surface area contributed by atoms with Gasteiger partial charge in [0.25, 0.3) is 0 Å². The molecule has 0 aliphatic carbocycles. The Balaban J connectivity index is 2.20. The Labute approximate surface area is 122 Å². The van der Waals surface area contributed by atoms with E-state index in [9.17, 15) is 0 Å². The quantitative estimate of drug-likeness (QED) is 0.840. The van der Waals surface area contributed by atoms with E-state index < -0.39 is 0 Å². The van der Waals surface area contributed by atoms with Gasteiger partial charge in [-0.1, -0.05) is 6.92 Å². The average molecular weight is 277 g/mol. The van der Waals surface area contributed by atoms with Crippen LogP contribution in [0, 0.1) is 13.8 Å². The van der Waals surface area contributed by atoms with Crippen LogP contribution in [0.2, 0.25) is 0 Å². The van der Waals surface area contributed by atoms with Crippen molar-refractivity contribution in [3.05, 3.63) is 22.8 Å². The van der Waals surface area contributed by atoms with E-state index in [-0.39, 0.29) is 5.60 Å². The maximum atomic E-state index is 5.96. The first-order valence-electron chi connectivity index (χ1n) is 7.76. The fourth-order valence-electron chi connectivity index (χ4n) is 2.73. The zero-order valence-electron chi connectivity index (χ0n) is 13.3. The molecule has 0 aromatic carbocycles. The fraction of sp³-hybridized carbons (Fsp3) is 0.750. The summed E-state index contributed by atoms with van der Waals surface area (Å²) in [6.45, 7) is 11.1. The van der Waals surface area contributed by atoms with E-state index in [1.54, 1.807) is 0 Å². The molecule has 0 spiro atoms. The van der Waals surface area contributed by atoms with Crippen LogP contribution < -0.4 is 5.32 Å². The van der Waals surface area contributed by atoms with Crippen LogP contribution in [0.4, 0.5) is 0 Å². The van der Waals surface area contributed by atoms with Crippen molar-refractivity contribution in [2.45, 2.75) is 65.5 Å². The molecule has 1 aliphatic rings. The molecule has 4 nitrogen and oxygen atoms in total. The van der Waals surface area contributed by atoms with Gasteiger partial charge in [0.1, 0.15) is 5.60 Å². The number of ether oxygens (including phenoxy) is 1. The summed E-state index contributed by atoms with van der Waals surface area (Å²) in [7, 11) is 0. The molecule has 0 bridgehead atoms. The lowest BCUT2D eigenvalue weighted by molar-refractivity contribution is -0.0762. The molecule has 4 heteroatoms. The van der Waals surface area contributed by atoms with Crippen LogP contribution in [0.3, 0.4) is 0 Å². The zero-order chi connectivity index (χ0) is 14.6. The van der Waals surface area contributed by atoms with Crippen molar-refractivity contribution in [3.63, 3.8) is 0 Å². The van der Waals surface area contributed by atoms with E-state index >= 15 is 0 Å². The van der Waals surface area contributed by atoms with Crippen LogP contribution in [0.5, 0.6) is 0 Å². The molecule has 1 unspecified atom stereocenters. The molecule has 0 radical (unpaired) electrons. The molecule has 1 aliphatic heterocycles. The molecule has 20 heavy (non-hydrogen) atoms. The zero-order valence-corrected chi connectivity index (χ0v) is 13.3. The van der Waals surface area contributed by atoms with Gasteiger partial charge in [-0.25, -0.2) is 9.97 Å². The highest BCUT2D eigenvalue weighted by Crippen LogP contribution is 2.33. The summed E-state index contributed by atoms with van der Waals surface area (Å²) in [5, 5.41) is 3.43. The molecule has 1 aromatic heterocycles. The van der Waals surface area contributed by atoms with E-state index in [0.29, 0.717) is 0 Å². The Hall–Kier alpha value is -1.00. The highest BCUT2D eigenvalue weighted by Gasteiger charge is 2.33. The molecular formula is C16H27N3O. The minimum absolute atomic E-state index is 0.302. The third kappa shape index (κ3) is 3.36. The van der Waals surface area contributed by atoms with Crippen molar-refractivity contribution in [2.75, 3.05) is 13.2 Å². The third-order valence-corrected chi connectivity index (χ3v) is 4.09. The number of rotatable bonds is 5. The third-order valence-electron chi connectivity index (χ3n) is 4.09. The number of aromatic nitrogens is 2. The number of nitrogens with one attached hydrogen (secondary N) is 1. The molecule has 2 rings (SSSR count). The Morgan fingerprint density at radius 1 is 1.20 bits per heavy atom. The molecule has 1 saturated heterocycles. The van der Waals surface area contributed by atoms with Gasteiger partial charge in [-0.05, 0) is 53.0 Å². The van der Waals surface area contributed by atoms with Crippen molar-refractivity contribution in [3.8, 4) is 0 Å². The van der Waals surface area contributed by atoms with Crippen molar-refractivity contribution in [1.82, 2.24) is 15.3 Å². The summed E-state index contributed by atoms with van der Waals surface area (Å²) in [5.41, 5.74) is 3.07. The highest BCUT2D eigenvalue weighted by molar-refractivity contribution is 5.25. The monoisotopic (exact) mass is 277 g/mol. The molecule has 1 fully saturated rings. The summed E-state index contributed by atoms with van der Waals surface area (Å²) in [4.78, 5) is 9.46. The number of hydrogen-bond acceptors (Lipinski definition) is 4. The summed E-state index contributed by atoms with van der Waals surface area (Å²) < 4.78 is 5.96. The van der Waals surface area contributed by atoms with Crippen molar-refractivity contribution in [1.29, 1.82) is 0 Å². The van der Waals surface area contributed by atoms with Gasteiger partial charge >= 0.3 is 0 Å². The predicted molar refractivity (Wildman–Crippen MR) is 80.7 cm³/mol. The van der Waals surface area contributed by atoms with Crippen LogP contribution in [-0.2, 0) is 16.9 Å². The van der Waals surface area contributed by atoms with Gasteiger partial charge in [-0.15, -0.1) is 0 Å². The topological polar surface area (TPSA) is 47.0 Å². The SMILES string of the molecule is CCCNCc1c(C)nc(C2(C)CCCCO2)nc1C. The fourth-order valence-corrected chi connectivity index (χ4v) is 2.73. The number of nitrogens with zero attached hydrogens (tertiary/aromatic N) is 2. The smallest absolute Gasteiger partial charge is 0.160 e. The first kappa shape index (κ1) is 15.4. The van der Waals surface area contributed by atoms with Crippen LogP contribution in [0.25, 0.3) is 0 Å². The standard InChI is InChI=1S/C16H27N3O/c1-5-9-17-11-14-12(2)18-15(19-13(14)3)16(4)8-6-7-10-20-16/h17H,5-11H2,1-4H3. The van der Waals surface area contributed by atoms with Gasteiger partial charge in [0, 0.05) is 30.1 Å². The molecular weight excluding hydrogens is 250 g/mol. The van der Waals surface area contributed by atoms with E-state index in [4.69, 9.17) is 14.7 Å². The second kappa shape index (κ2) is 6.64. The predicted octanol–water partition coefficient (Wildman–Crippen LogP) is 3.01. The summed E-state index contributed by atoms with van der Waals surface area (Å²) >= 11 is 0. The number of hydrogen-bond donors (Lipinski definition) is 1. The lowest BCUT2D eigenvalue weighted by atomic mass is 9.94. The molecule has 0 amide bonds. The van der Waals surface area contributed by atoms with Crippen LogP contribution in [-0.4, -0.2) is 23.1 Å². The molecule has 1 atom stereocenters. The Kier molecular flexibility index (Phi) is 5.11. The van der Waals surface area contributed by atoms with Crippen molar-refractivity contribution < 1.29 is 4.74 Å². The summed E-state index contributed by atoms with van der Waals surface area (Å²) in [6, 6.07) is 0. The van der Waals surface area contributed by atoms with Crippen molar-refractivity contribution in [2.24, 2.45) is 0 Å². The van der Waals surface area contributed by atoms with E-state index in [2.05, 4.69) is 33.0 Å². The van der Waals surface area contributed by atoms with Crippen molar-refractivity contribution >= 4 is 0 Å². The summed E-state index contributed by atoms with van der Waals surface area (Å²) in [6.07, 6.45) is 4.49. The molecule has 0 saturated carbocycles. The summed E-state index contributed by atoms with van der Waals surface area (Å²) in [5.74, 6) is 0.853. The van der Waals surface area contributed by atoms with Crippen LogP contribution in [0.1, 0.15) is 62.3 Å². The van der Waals surface area contributed by atoms with Gasteiger partial charge in [0.05, 0.1) is 0 Å². The average Bonchev–Trinajstić information content (AvgIpc) is 2.42. The van der Waals surface area contributed by atoms with E-state index in [0.717, 1.165) is 56.2 Å². The Morgan fingerprint density at radius 3 is 2.45 bits per heavy atom. The van der Waals surface area contributed by atoms with Crippen LogP contribution in [0.15, 0.2) is 0 Å². The van der Waals surface area contributed by atoms with Crippen LogP contribution >= 0.6 is 0 Å². The van der Waals surface area contributed by atoms with E-state index in [1.807, 2.05) is 0 Å². The first-order chi connectivity index (χ1) is 9.57. The maximum Gasteiger partial charge on any atom is 0.160 e. The minimum atomic E-state index is -0.302. The largest absolute Gasteiger partial charge is 0.367 e. The number of aryl methyl sites for hydroxylation is 2. The second-order valence-electron chi connectivity index (χ2n) is 5.91. The maximum absolute atomic E-state index is 5.96. The Morgan fingerprint density at radius 2 is 1.90 bits per heavy atom. The molecule has 1 aromatic rings. The van der Waals surface area contributed by atoms with Gasteiger partial charge in [-0.2, -0.15) is 0 Å². The molecule has 112 valence electrons. The molecule has 1 N–H and O–H groups in total. The van der Waals surface area contributed by atoms with Gasteiger partial charge in [0.2, 0.25) is 0 Å². The Bertz CT molecular complexity index is 430. The molecule has 2 heterocycles. The lowest BCUT2D eigenvalue weighted by Gasteiger charge is -2.33. The highest BCUT2D eigenvalue weighted by atomic mass is 16.5. The first-order valence-corrected chi connectivity index (χ1v) is 7.76. The van der Waals surface area contributed by atoms with E-state index in [1.165, 1.54) is 12.0 Å². The second-order valence-corrected chi connectivity index (χ2v) is 5.91. The van der Waals surface area contributed by atoms with Gasteiger partial charge in [0.15, 0.2) is 5.82 Å². The normalized spacial score (nSPS) is 23.0. The lowest BCUT2D eigenvalue weighted by Crippen LogP contribution is -2.33.